The minimum absolute atomic E-state index is 0.316. The number of carbonyl (C=O) groups excluding carboxylic acids is 1. The Morgan fingerprint density at radius 2 is 2.50 bits per heavy atom. The first-order valence-electron chi connectivity index (χ1n) is 3.10. The Kier molecular flexibility index (Phi) is 2.29. The predicted molar refractivity (Wildman–Crippen MR) is 37.3 cm³/mol. The summed E-state index contributed by atoms with van der Waals surface area (Å²) in [6.07, 6.45) is 2.49. The summed E-state index contributed by atoms with van der Waals surface area (Å²) in [6.45, 7) is 0. The lowest BCUT2D eigenvalue weighted by Crippen LogP contribution is -2.23. The SMILES string of the molecule is N#C/C(=C/c1ccco1)C(=O)[O-]. The Balaban J connectivity index is 2.95. The first-order valence-corrected chi connectivity index (χ1v) is 3.10. The minimum atomic E-state index is -1.51. The number of hydrogen-bond donors (Lipinski definition) is 0. The molecule has 0 aliphatic rings. The van der Waals surface area contributed by atoms with E-state index in [-0.39, 0.29) is 0 Å². The summed E-state index contributed by atoms with van der Waals surface area (Å²) in [5.41, 5.74) is -0.454. The van der Waals surface area contributed by atoms with Crippen LogP contribution in [0.5, 0.6) is 0 Å². The van der Waals surface area contributed by atoms with E-state index >= 15 is 0 Å². The third-order valence-electron chi connectivity index (χ3n) is 1.17. The van der Waals surface area contributed by atoms with Crippen molar-refractivity contribution >= 4 is 12.0 Å². The van der Waals surface area contributed by atoms with Crippen LogP contribution < -0.4 is 5.11 Å². The Morgan fingerprint density at radius 1 is 1.75 bits per heavy atom. The van der Waals surface area contributed by atoms with Gasteiger partial charge in [-0.15, -0.1) is 0 Å². The van der Waals surface area contributed by atoms with E-state index in [0.29, 0.717) is 5.76 Å². The van der Waals surface area contributed by atoms with E-state index in [4.69, 9.17) is 9.68 Å². The molecule has 0 atom stereocenters. The maximum absolute atomic E-state index is 10.2. The van der Waals surface area contributed by atoms with Gasteiger partial charge in [0, 0.05) is 6.08 Å². The molecule has 1 heterocycles. The summed E-state index contributed by atoms with van der Waals surface area (Å²) in [4.78, 5) is 10.2. The molecule has 4 nitrogen and oxygen atoms in total. The standard InChI is InChI=1S/C8H5NO3/c9-5-6(8(10)11)4-7-2-1-3-12-7/h1-4H,(H,10,11)/p-1/b6-4-. The van der Waals surface area contributed by atoms with E-state index in [9.17, 15) is 9.90 Å². The fourth-order valence-corrected chi connectivity index (χ4v) is 0.652. The van der Waals surface area contributed by atoms with Crippen molar-refractivity contribution in [3.63, 3.8) is 0 Å². The second-order valence-corrected chi connectivity index (χ2v) is 1.97. The summed E-state index contributed by atoms with van der Waals surface area (Å²) in [6, 6.07) is 4.61. The van der Waals surface area contributed by atoms with Gasteiger partial charge in [0.15, 0.2) is 0 Å². The van der Waals surface area contributed by atoms with Crippen molar-refractivity contribution in [2.24, 2.45) is 0 Å². The maximum Gasteiger partial charge on any atom is 0.128 e. The molecule has 4 heteroatoms. The topological polar surface area (TPSA) is 77.1 Å². The van der Waals surface area contributed by atoms with Crippen molar-refractivity contribution in [3.05, 3.63) is 29.7 Å². The summed E-state index contributed by atoms with van der Waals surface area (Å²) in [5.74, 6) is -1.19. The van der Waals surface area contributed by atoms with Crippen LogP contribution in [0, 0.1) is 11.3 Å². The normalized spacial score (nSPS) is 10.8. The zero-order chi connectivity index (χ0) is 8.97. The number of hydrogen-bond acceptors (Lipinski definition) is 4. The number of nitriles is 1. The molecule has 1 aromatic heterocycles. The van der Waals surface area contributed by atoms with Crippen LogP contribution in [0.4, 0.5) is 0 Å². The molecule has 0 aromatic carbocycles. The molecule has 0 radical (unpaired) electrons. The van der Waals surface area contributed by atoms with Gasteiger partial charge in [-0.3, -0.25) is 0 Å². The number of furan rings is 1. The first-order chi connectivity index (χ1) is 5.74. The lowest BCUT2D eigenvalue weighted by atomic mass is 10.2. The third-order valence-corrected chi connectivity index (χ3v) is 1.17. The van der Waals surface area contributed by atoms with Crippen molar-refractivity contribution in [2.45, 2.75) is 0 Å². The summed E-state index contributed by atoms with van der Waals surface area (Å²) < 4.78 is 4.80. The lowest BCUT2D eigenvalue weighted by Gasteiger charge is -1.95. The second kappa shape index (κ2) is 3.39. The highest BCUT2D eigenvalue weighted by atomic mass is 16.4. The van der Waals surface area contributed by atoms with E-state index in [1.807, 2.05) is 0 Å². The third kappa shape index (κ3) is 1.73. The summed E-state index contributed by atoms with van der Waals surface area (Å²) in [7, 11) is 0. The van der Waals surface area contributed by atoms with E-state index in [0.717, 1.165) is 6.08 Å². The highest BCUT2D eigenvalue weighted by Crippen LogP contribution is 2.05. The molecule has 0 N–H and O–H groups in total. The number of carbonyl (C=O) groups is 1. The maximum atomic E-state index is 10.2. The monoisotopic (exact) mass is 162 g/mol. The largest absolute Gasteiger partial charge is 0.544 e. The average Bonchev–Trinajstić information content (AvgIpc) is 2.51. The molecular weight excluding hydrogens is 158 g/mol. The molecule has 0 fully saturated rings. The molecule has 12 heavy (non-hydrogen) atoms. The molecule has 0 spiro atoms. The average molecular weight is 162 g/mol. The molecule has 0 aliphatic heterocycles. The molecule has 1 aromatic rings. The minimum Gasteiger partial charge on any atom is -0.544 e. The van der Waals surface area contributed by atoms with Gasteiger partial charge in [0.2, 0.25) is 0 Å². The van der Waals surface area contributed by atoms with Gasteiger partial charge in [0.25, 0.3) is 0 Å². The van der Waals surface area contributed by atoms with Gasteiger partial charge < -0.3 is 14.3 Å². The van der Waals surface area contributed by atoms with Crippen LogP contribution in [-0.4, -0.2) is 5.97 Å². The zero-order valence-corrected chi connectivity index (χ0v) is 5.98. The van der Waals surface area contributed by atoms with Crippen LogP contribution in [0.25, 0.3) is 6.08 Å². The molecule has 0 amide bonds. The fraction of sp³-hybridized carbons (Fsp3) is 0. The van der Waals surface area contributed by atoms with E-state index in [1.54, 1.807) is 12.1 Å². The Hall–Kier alpha value is -2.02. The van der Waals surface area contributed by atoms with Crippen LogP contribution in [0.3, 0.4) is 0 Å². The summed E-state index contributed by atoms with van der Waals surface area (Å²) in [5, 5.41) is 18.5. The van der Waals surface area contributed by atoms with Crippen molar-refractivity contribution in [1.29, 1.82) is 5.26 Å². The number of aliphatic carboxylic acids is 1. The van der Waals surface area contributed by atoms with E-state index in [2.05, 4.69) is 0 Å². The predicted octanol–water partition coefficient (Wildman–Crippen LogP) is -0.0635. The highest BCUT2D eigenvalue weighted by Gasteiger charge is 1.97. The van der Waals surface area contributed by atoms with Crippen molar-refractivity contribution in [3.8, 4) is 6.07 Å². The van der Waals surface area contributed by atoms with Gasteiger partial charge in [-0.1, -0.05) is 0 Å². The highest BCUT2D eigenvalue weighted by molar-refractivity contribution is 5.94. The van der Waals surface area contributed by atoms with Gasteiger partial charge in [0.05, 0.1) is 17.8 Å². The van der Waals surface area contributed by atoms with E-state index < -0.39 is 11.5 Å². The molecule has 0 saturated heterocycles. The Labute approximate surface area is 68.3 Å². The molecular formula is C8H4NO3-. The van der Waals surface area contributed by atoms with Crippen LogP contribution in [0.15, 0.2) is 28.4 Å². The number of carboxylic acid groups (broad SMARTS) is 1. The molecule has 0 unspecified atom stereocenters. The van der Waals surface area contributed by atoms with Crippen LogP contribution in [-0.2, 0) is 4.79 Å². The number of rotatable bonds is 2. The molecule has 60 valence electrons. The van der Waals surface area contributed by atoms with Gasteiger partial charge in [0.1, 0.15) is 11.8 Å². The van der Waals surface area contributed by atoms with Gasteiger partial charge in [-0.2, -0.15) is 5.26 Å². The molecule has 0 saturated carbocycles. The van der Waals surface area contributed by atoms with Crippen LogP contribution >= 0.6 is 0 Å². The van der Waals surface area contributed by atoms with Crippen molar-refractivity contribution in [2.75, 3.05) is 0 Å². The van der Waals surface area contributed by atoms with Crippen LogP contribution in [0.2, 0.25) is 0 Å². The zero-order valence-electron chi connectivity index (χ0n) is 5.98. The van der Waals surface area contributed by atoms with Gasteiger partial charge in [-0.05, 0) is 12.1 Å². The molecule has 0 aliphatic carbocycles. The van der Waals surface area contributed by atoms with Crippen LogP contribution in [0.1, 0.15) is 5.76 Å². The number of carboxylic acids is 1. The summed E-state index contributed by atoms with van der Waals surface area (Å²) >= 11 is 0. The fourth-order valence-electron chi connectivity index (χ4n) is 0.652. The smallest absolute Gasteiger partial charge is 0.128 e. The van der Waals surface area contributed by atoms with Crippen molar-refractivity contribution < 1.29 is 14.3 Å². The number of nitrogens with zero attached hydrogens (tertiary/aromatic N) is 1. The first kappa shape index (κ1) is 8.08. The van der Waals surface area contributed by atoms with E-state index in [1.165, 1.54) is 12.3 Å². The lowest BCUT2D eigenvalue weighted by molar-refractivity contribution is -0.298. The second-order valence-electron chi connectivity index (χ2n) is 1.97. The van der Waals surface area contributed by atoms with Crippen molar-refractivity contribution in [1.82, 2.24) is 0 Å². The van der Waals surface area contributed by atoms with Gasteiger partial charge in [-0.25, -0.2) is 0 Å². The Morgan fingerprint density at radius 3 is 2.92 bits per heavy atom. The molecule has 1 rings (SSSR count). The molecule has 0 bridgehead atoms. The quantitative estimate of drug-likeness (QED) is 0.450. The Bertz CT molecular complexity index is 343. The van der Waals surface area contributed by atoms with Gasteiger partial charge >= 0.3 is 0 Å².